The summed E-state index contributed by atoms with van der Waals surface area (Å²) >= 11 is 3.39. The molecule has 0 N–H and O–H groups in total. The third-order valence-corrected chi connectivity index (χ3v) is 3.56. The maximum atomic E-state index is 8.86. The van der Waals surface area contributed by atoms with Gasteiger partial charge in [0, 0.05) is 6.20 Å². The lowest BCUT2D eigenvalue weighted by Crippen LogP contribution is -2.17. The van der Waals surface area contributed by atoms with Crippen LogP contribution in [-0.2, 0) is 0 Å². The normalized spacial score (nSPS) is 18.9. The van der Waals surface area contributed by atoms with Crippen molar-refractivity contribution in [3.63, 3.8) is 0 Å². The average molecular weight is 268 g/mol. The molecule has 0 unspecified atom stereocenters. The average Bonchev–Trinajstić information content (AvgIpc) is 2.85. The van der Waals surface area contributed by atoms with Gasteiger partial charge in [-0.25, -0.2) is 0 Å². The van der Waals surface area contributed by atoms with Gasteiger partial charge in [0.15, 0.2) is 0 Å². The van der Waals surface area contributed by atoms with E-state index in [1.165, 1.54) is 25.7 Å². The predicted octanol–water partition coefficient (Wildman–Crippen LogP) is 3.29. The van der Waals surface area contributed by atoms with Crippen molar-refractivity contribution in [2.45, 2.75) is 38.1 Å². The first-order chi connectivity index (χ1) is 7.31. The molecule has 1 aromatic heterocycles. The zero-order valence-corrected chi connectivity index (χ0v) is 10.2. The summed E-state index contributed by atoms with van der Waals surface area (Å²) in [7, 11) is 0. The fourth-order valence-electron chi connectivity index (χ4n) is 2.41. The smallest absolute Gasteiger partial charge is 0.0677 e. The second kappa shape index (κ2) is 4.80. The topological polar surface area (TPSA) is 41.6 Å². The Morgan fingerprint density at radius 1 is 1.60 bits per heavy atom. The van der Waals surface area contributed by atoms with Crippen molar-refractivity contribution in [3.8, 4) is 6.07 Å². The molecule has 2 rings (SSSR count). The van der Waals surface area contributed by atoms with Gasteiger partial charge < -0.3 is 0 Å². The molecule has 1 atom stereocenters. The molecule has 15 heavy (non-hydrogen) atoms. The van der Waals surface area contributed by atoms with Crippen molar-refractivity contribution >= 4 is 15.9 Å². The number of aromatic nitrogens is 2. The quantitative estimate of drug-likeness (QED) is 0.844. The van der Waals surface area contributed by atoms with Crippen LogP contribution in [0.4, 0.5) is 0 Å². The van der Waals surface area contributed by atoms with Crippen LogP contribution in [0.3, 0.4) is 0 Å². The van der Waals surface area contributed by atoms with Gasteiger partial charge in [-0.15, -0.1) is 0 Å². The largest absolute Gasteiger partial charge is 0.267 e. The van der Waals surface area contributed by atoms with Crippen LogP contribution in [0.25, 0.3) is 0 Å². The van der Waals surface area contributed by atoms with Gasteiger partial charge in [-0.3, -0.25) is 4.68 Å². The van der Waals surface area contributed by atoms with Crippen molar-refractivity contribution < 1.29 is 0 Å². The van der Waals surface area contributed by atoms with Crippen LogP contribution < -0.4 is 0 Å². The fourth-order valence-corrected chi connectivity index (χ4v) is 2.71. The summed E-state index contributed by atoms with van der Waals surface area (Å²) in [6, 6.07) is 2.54. The molecule has 0 spiro atoms. The van der Waals surface area contributed by atoms with E-state index in [9.17, 15) is 0 Å². The lowest BCUT2D eigenvalue weighted by molar-refractivity contribution is 0.314. The third-order valence-electron chi connectivity index (χ3n) is 3.15. The molecule has 1 fully saturated rings. The Morgan fingerprint density at radius 2 is 2.33 bits per heavy atom. The standard InChI is InChI=1S/C11H14BrN3/c12-10-7-14-15(8-10)11(5-6-13)9-3-1-2-4-9/h7-9,11H,1-5H2/t11-/m1/s1. The molecule has 0 aromatic carbocycles. The Labute approximate surface area is 98.2 Å². The highest BCUT2D eigenvalue weighted by Gasteiger charge is 2.26. The Hall–Kier alpha value is -0.820. The van der Waals surface area contributed by atoms with Crippen molar-refractivity contribution in [2.24, 2.45) is 5.92 Å². The number of hydrogen-bond donors (Lipinski definition) is 0. The van der Waals surface area contributed by atoms with Crippen LogP contribution in [0.1, 0.15) is 38.1 Å². The molecule has 1 saturated carbocycles. The molecule has 1 aliphatic carbocycles. The molecule has 0 saturated heterocycles. The molecule has 80 valence electrons. The van der Waals surface area contributed by atoms with Gasteiger partial charge in [-0.05, 0) is 34.7 Å². The second-order valence-corrected chi connectivity index (χ2v) is 5.03. The lowest BCUT2D eigenvalue weighted by Gasteiger charge is -2.21. The summed E-state index contributed by atoms with van der Waals surface area (Å²) in [5.74, 6) is 0.636. The first kappa shape index (κ1) is 10.7. The highest BCUT2D eigenvalue weighted by molar-refractivity contribution is 9.10. The highest BCUT2D eigenvalue weighted by atomic mass is 79.9. The van der Waals surface area contributed by atoms with Gasteiger partial charge in [0.2, 0.25) is 0 Å². The van der Waals surface area contributed by atoms with Crippen LogP contribution in [0, 0.1) is 17.2 Å². The zero-order chi connectivity index (χ0) is 10.7. The number of halogens is 1. The van der Waals surface area contributed by atoms with E-state index in [0.29, 0.717) is 12.3 Å². The molecule has 0 bridgehead atoms. The first-order valence-corrected chi connectivity index (χ1v) is 6.17. The maximum absolute atomic E-state index is 8.86. The predicted molar refractivity (Wildman–Crippen MR) is 61.2 cm³/mol. The minimum atomic E-state index is 0.267. The Balaban J connectivity index is 2.15. The van der Waals surface area contributed by atoms with Crippen LogP contribution in [0.2, 0.25) is 0 Å². The summed E-state index contributed by atoms with van der Waals surface area (Å²) in [6.07, 6.45) is 9.41. The van der Waals surface area contributed by atoms with Crippen molar-refractivity contribution in [3.05, 3.63) is 16.9 Å². The van der Waals surface area contributed by atoms with E-state index < -0.39 is 0 Å². The Bertz CT molecular complexity index is 360. The third kappa shape index (κ3) is 2.40. The fraction of sp³-hybridized carbons (Fsp3) is 0.636. The van der Waals surface area contributed by atoms with Gasteiger partial charge in [0.25, 0.3) is 0 Å². The summed E-state index contributed by atoms with van der Waals surface area (Å²) < 4.78 is 2.94. The van der Waals surface area contributed by atoms with Crippen molar-refractivity contribution in [2.75, 3.05) is 0 Å². The molecular formula is C11H14BrN3. The van der Waals surface area contributed by atoms with E-state index in [1.54, 1.807) is 6.20 Å². The van der Waals surface area contributed by atoms with E-state index in [-0.39, 0.29) is 6.04 Å². The molecular weight excluding hydrogens is 254 g/mol. The molecule has 1 heterocycles. The van der Waals surface area contributed by atoms with Gasteiger partial charge in [0.05, 0.1) is 29.2 Å². The summed E-state index contributed by atoms with van der Waals surface area (Å²) in [5.41, 5.74) is 0. The van der Waals surface area contributed by atoms with E-state index in [1.807, 2.05) is 10.9 Å². The Kier molecular flexibility index (Phi) is 3.42. The van der Waals surface area contributed by atoms with Crippen LogP contribution in [0.5, 0.6) is 0 Å². The van der Waals surface area contributed by atoms with Crippen molar-refractivity contribution in [1.29, 1.82) is 5.26 Å². The maximum Gasteiger partial charge on any atom is 0.0677 e. The van der Waals surface area contributed by atoms with E-state index in [2.05, 4.69) is 27.1 Å². The van der Waals surface area contributed by atoms with Crippen molar-refractivity contribution in [1.82, 2.24) is 9.78 Å². The van der Waals surface area contributed by atoms with Crippen LogP contribution in [-0.4, -0.2) is 9.78 Å². The minimum absolute atomic E-state index is 0.267. The minimum Gasteiger partial charge on any atom is -0.267 e. The van der Waals surface area contributed by atoms with E-state index >= 15 is 0 Å². The SMILES string of the molecule is N#CC[C@H](C1CCCC1)n1cc(Br)cn1. The summed E-state index contributed by atoms with van der Waals surface area (Å²) in [6.45, 7) is 0. The first-order valence-electron chi connectivity index (χ1n) is 5.38. The number of nitriles is 1. The monoisotopic (exact) mass is 267 g/mol. The molecule has 1 aliphatic rings. The molecule has 0 amide bonds. The van der Waals surface area contributed by atoms with E-state index in [0.717, 1.165) is 4.47 Å². The summed E-state index contributed by atoms with van der Waals surface area (Å²) in [5, 5.41) is 13.2. The van der Waals surface area contributed by atoms with Crippen LogP contribution in [0.15, 0.2) is 16.9 Å². The van der Waals surface area contributed by atoms with Gasteiger partial charge in [-0.1, -0.05) is 12.8 Å². The molecule has 3 nitrogen and oxygen atoms in total. The highest BCUT2D eigenvalue weighted by Crippen LogP contribution is 2.35. The lowest BCUT2D eigenvalue weighted by atomic mass is 9.96. The second-order valence-electron chi connectivity index (χ2n) is 4.11. The summed E-state index contributed by atoms with van der Waals surface area (Å²) in [4.78, 5) is 0. The number of rotatable bonds is 3. The van der Waals surface area contributed by atoms with E-state index in [4.69, 9.17) is 5.26 Å². The Morgan fingerprint density at radius 3 is 2.87 bits per heavy atom. The van der Waals surface area contributed by atoms with Crippen LogP contribution >= 0.6 is 15.9 Å². The zero-order valence-electron chi connectivity index (χ0n) is 8.56. The molecule has 1 aromatic rings. The molecule has 4 heteroatoms. The molecule has 0 aliphatic heterocycles. The van der Waals surface area contributed by atoms with Gasteiger partial charge in [0.1, 0.15) is 0 Å². The molecule has 0 radical (unpaired) electrons. The number of nitrogens with zero attached hydrogens (tertiary/aromatic N) is 3. The van der Waals surface area contributed by atoms with Gasteiger partial charge in [-0.2, -0.15) is 10.4 Å². The van der Waals surface area contributed by atoms with Gasteiger partial charge >= 0.3 is 0 Å². The number of hydrogen-bond acceptors (Lipinski definition) is 2.